The molecule has 146 valence electrons. The van der Waals surface area contributed by atoms with E-state index in [1.807, 2.05) is 6.92 Å². The number of carbonyl (C=O) groups excluding carboxylic acids is 2. The third-order valence-electron chi connectivity index (χ3n) is 4.58. The number of anilines is 1. The van der Waals surface area contributed by atoms with E-state index >= 15 is 0 Å². The Kier molecular flexibility index (Phi) is 5.86. The van der Waals surface area contributed by atoms with Gasteiger partial charge in [0, 0.05) is 34.8 Å². The Labute approximate surface area is 171 Å². The van der Waals surface area contributed by atoms with Crippen LogP contribution in [0.1, 0.15) is 28.8 Å². The number of benzene rings is 2. The van der Waals surface area contributed by atoms with Crippen molar-refractivity contribution in [1.29, 1.82) is 0 Å². The molecule has 2 aromatic rings. The number of hydrogen-bond acceptors (Lipinski definition) is 4. The number of nitro benzene ring substituents is 1. The van der Waals surface area contributed by atoms with Crippen LogP contribution in [0.15, 0.2) is 36.4 Å². The first kappa shape index (κ1) is 20.1. The normalized spacial score (nSPS) is 13.7. The first-order valence-electron chi connectivity index (χ1n) is 8.57. The molecule has 7 nitrogen and oxygen atoms in total. The molecule has 9 heteroatoms. The van der Waals surface area contributed by atoms with Gasteiger partial charge >= 0.3 is 0 Å². The molecule has 2 aromatic carbocycles. The molecule has 0 aliphatic carbocycles. The Morgan fingerprint density at radius 3 is 2.61 bits per heavy atom. The first-order chi connectivity index (χ1) is 13.3. The molecule has 0 atom stereocenters. The van der Waals surface area contributed by atoms with Gasteiger partial charge in [-0.3, -0.25) is 24.6 Å². The highest BCUT2D eigenvalue weighted by Crippen LogP contribution is 2.29. The van der Waals surface area contributed by atoms with Crippen molar-refractivity contribution in [1.82, 2.24) is 4.90 Å². The minimum absolute atomic E-state index is 0.0271. The van der Waals surface area contributed by atoms with Gasteiger partial charge < -0.3 is 4.90 Å². The predicted octanol–water partition coefficient (Wildman–Crippen LogP) is 4.44. The Morgan fingerprint density at radius 1 is 1.25 bits per heavy atom. The number of rotatable bonds is 5. The van der Waals surface area contributed by atoms with E-state index in [-0.39, 0.29) is 28.8 Å². The number of halogens is 2. The van der Waals surface area contributed by atoms with Crippen molar-refractivity contribution in [3.63, 3.8) is 0 Å². The smallest absolute Gasteiger partial charge is 0.282 e. The van der Waals surface area contributed by atoms with Gasteiger partial charge in [0.15, 0.2) is 0 Å². The van der Waals surface area contributed by atoms with E-state index in [1.165, 1.54) is 23.1 Å². The van der Waals surface area contributed by atoms with Crippen molar-refractivity contribution in [3.8, 4) is 0 Å². The van der Waals surface area contributed by atoms with Gasteiger partial charge in [-0.2, -0.15) is 0 Å². The van der Waals surface area contributed by atoms with E-state index in [0.29, 0.717) is 30.1 Å². The average molecular weight is 422 g/mol. The minimum Gasteiger partial charge on any atom is -0.324 e. The van der Waals surface area contributed by atoms with Crippen molar-refractivity contribution >= 4 is 46.4 Å². The second-order valence-corrected chi connectivity index (χ2v) is 7.33. The summed E-state index contributed by atoms with van der Waals surface area (Å²) >= 11 is 12.2. The van der Waals surface area contributed by atoms with E-state index in [1.54, 1.807) is 23.1 Å². The number of likely N-dealkylation sites (tertiary alicyclic amines) is 1. The number of nitrogens with zero attached hydrogens (tertiary/aromatic N) is 3. The maximum Gasteiger partial charge on any atom is 0.282 e. The van der Waals surface area contributed by atoms with Gasteiger partial charge in [-0.15, -0.1) is 0 Å². The molecule has 1 aliphatic rings. The largest absolute Gasteiger partial charge is 0.324 e. The van der Waals surface area contributed by atoms with Gasteiger partial charge in [0.1, 0.15) is 12.2 Å². The zero-order chi connectivity index (χ0) is 20.4. The summed E-state index contributed by atoms with van der Waals surface area (Å²) in [5, 5.41) is 12.0. The monoisotopic (exact) mass is 421 g/mol. The summed E-state index contributed by atoms with van der Waals surface area (Å²) in [4.78, 5) is 39.0. The summed E-state index contributed by atoms with van der Waals surface area (Å²) < 4.78 is 0. The summed E-state index contributed by atoms with van der Waals surface area (Å²) in [6.07, 6.45) is 1.11. The topological polar surface area (TPSA) is 83.8 Å². The van der Waals surface area contributed by atoms with E-state index in [4.69, 9.17) is 23.2 Å². The molecule has 0 aromatic heterocycles. The summed E-state index contributed by atoms with van der Waals surface area (Å²) in [5.74, 6) is -0.703. The van der Waals surface area contributed by atoms with E-state index in [9.17, 15) is 19.7 Å². The molecule has 1 fully saturated rings. The molecule has 0 N–H and O–H groups in total. The second kappa shape index (κ2) is 8.16. The lowest BCUT2D eigenvalue weighted by Crippen LogP contribution is -2.42. The summed E-state index contributed by atoms with van der Waals surface area (Å²) in [6.45, 7) is 2.31. The molecule has 28 heavy (non-hydrogen) atoms. The molecule has 1 heterocycles. The van der Waals surface area contributed by atoms with Gasteiger partial charge in [-0.05, 0) is 43.2 Å². The lowest BCUT2D eigenvalue weighted by Gasteiger charge is -2.28. The summed E-state index contributed by atoms with van der Waals surface area (Å²) in [5.41, 5.74) is 0.754. The van der Waals surface area contributed by atoms with Gasteiger partial charge in [0.25, 0.3) is 11.6 Å². The standard InChI is InChI=1S/C19H17Cl2N3O4/c1-12-4-6-14(10-16(12)21)23(11-22-8-2-3-18(22)25)19(26)15-9-13(20)5-7-17(15)24(27)28/h4-7,9-10H,2-3,8,11H2,1H3. The number of amides is 2. The number of nitro groups is 1. The number of aryl methyl sites for hydroxylation is 1. The van der Waals surface area contributed by atoms with Crippen molar-refractivity contribution in [2.45, 2.75) is 19.8 Å². The van der Waals surface area contributed by atoms with Crippen LogP contribution >= 0.6 is 23.2 Å². The molecular formula is C19H17Cl2N3O4. The van der Waals surface area contributed by atoms with Crippen LogP contribution in [0.25, 0.3) is 0 Å². The van der Waals surface area contributed by atoms with Crippen molar-refractivity contribution < 1.29 is 14.5 Å². The third-order valence-corrected chi connectivity index (χ3v) is 5.22. The Bertz CT molecular complexity index is 964. The molecular weight excluding hydrogens is 405 g/mol. The number of hydrogen-bond donors (Lipinski definition) is 0. The van der Waals surface area contributed by atoms with Crippen LogP contribution in [-0.2, 0) is 4.79 Å². The first-order valence-corrected chi connectivity index (χ1v) is 9.33. The zero-order valence-electron chi connectivity index (χ0n) is 15.0. The maximum absolute atomic E-state index is 13.3. The van der Waals surface area contributed by atoms with E-state index < -0.39 is 10.8 Å². The van der Waals surface area contributed by atoms with Crippen LogP contribution in [0.4, 0.5) is 11.4 Å². The zero-order valence-corrected chi connectivity index (χ0v) is 16.5. The Morgan fingerprint density at radius 2 is 2.00 bits per heavy atom. The van der Waals surface area contributed by atoms with E-state index in [0.717, 1.165) is 5.56 Å². The minimum atomic E-state index is -0.634. The Balaban J connectivity index is 2.06. The number of carbonyl (C=O) groups is 2. The van der Waals surface area contributed by atoms with E-state index in [2.05, 4.69) is 0 Å². The van der Waals surface area contributed by atoms with Crippen LogP contribution in [0, 0.1) is 17.0 Å². The van der Waals surface area contributed by atoms with Crippen LogP contribution in [0.2, 0.25) is 10.0 Å². The molecule has 2 amide bonds. The molecule has 1 saturated heterocycles. The fraction of sp³-hybridized carbons (Fsp3) is 0.263. The predicted molar refractivity (Wildman–Crippen MR) is 107 cm³/mol. The Hall–Kier alpha value is -2.64. The fourth-order valence-corrected chi connectivity index (χ4v) is 3.37. The molecule has 0 saturated carbocycles. The highest BCUT2D eigenvalue weighted by atomic mass is 35.5. The van der Waals surface area contributed by atoms with Gasteiger partial charge in [0.05, 0.1) is 4.92 Å². The maximum atomic E-state index is 13.3. The van der Waals surface area contributed by atoms with Crippen LogP contribution in [0.5, 0.6) is 0 Å². The van der Waals surface area contributed by atoms with Gasteiger partial charge in [0.2, 0.25) is 5.91 Å². The SMILES string of the molecule is Cc1ccc(N(CN2CCCC2=O)C(=O)c2cc(Cl)ccc2[N+](=O)[O-])cc1Cl. The van der Waals surface area contributed by atoms with Crippen molar-refractivity contribution in [2.75, 3.05) is 18.1 Å². The van der Waals surface area contributed by atoms with Gasteiger partial charge in [-0.25, -0.2) is 0 Å². The molecule has 0 spiro atoms. The lowest BCUT2D eigenvalue weighted by atomic mass is 10.1. The lowest BCUT2D eigenvalue weighted by molar-refractivity contribution is -0.385. The molecule has 1 aliphatic heterocycles. The highest BCUT2D eigenvalue weighted by Gasteiger charge is 2.30. The van der Waals surface area contributed by atoms with Gasteiger partial charge in [-0.1, -0.05) is 29.3 Å². The molecule has 0 unspecified atom stereocenters. The quantitative estimate of drug-likeness (QED) is 0.527. The third kappa shape index (κ3) is 4.10. The summed E-state index contributed by atoms with van der Waals surface area (Å²) in [6, 6.07) is 8.85. The van der Waals surface area contributed by atoms with Crippen LogP contribution in [-0.4, -0.2) is 34.9 Å². The molecule has 0 bridgehead atoms. The van der Waals surface area contributed by atoms with Crippen molar-refractivity contribution in [3.05, 3.63) is 67.7 Å². The van der Waals surface area contributed by atoms with Crippen LogP contribution < -0.4 is 4.90 Å². The fourth-order valence-electron chi connectivity index (χ4n) is 3.02. The second-order valence-electron chi connectivity index (χ2n) is 6.49. The molecule has 0 radical (unpaired) electrons. The van der Waals surface area contributed by atoms with Crippen molar-refractivity contribution in [2.24, 2.45) is 0 Å². The summed E-state index contributed by atoms with van der Waals surface area (Å²) in [7, 11) is 0. The average Bonchev–Trinajstić information content (AvgIpc) is 3.06. The van der Waals surface area contributed by atoms with Crippen LogP contribution in [0.3, 0.4) is 0 Å². The highest BCUT2D eigenvalue weighted by molar-refractivity contribution is 6.32. The molecule has 3 rings (SSSR count).